The zero-order valence-corrected chi connectivity index (χ0v) is 17.7. The highest BCUT2D eigenvalue weighted by Gasteiger charge is 2.33. The number of aromatic nitrogens is 1. The first-order valence-corrected chi connectivity index (χ1v) is 10.4. The van der Waals surface area contributed by atoms with Crippen LogP contribution in [0.15, 0.2) is 30.5 Å². The molecule has 0 aliphatic heterocycles. The van der Waals surface area contributed by atoms with Crippen LogP contribution in [0.3, 0.4) is 0 Å². The van der Waals surface area contributed by atoms with Crippen LogP contribution in [0.4, 0.5) is 13.2 Å². The molecule has 0 spiro atoms. The van der Waals surface area contributed by atoms with Crippen molar-refractivity contribution >= 4 is 22.6 Å². The Kier molecular flexibility index (Phi) is 7.58. The van der Waals surface area contributed by atoms with Gasteiger partial charge in [-0.1, -0.05) is 26.2 Å². The normalized spacial score (nSPS) is 12.5. The standard InChI is InChI=1S/C22H28F3N2S/c1-5-6-7-8-9-18-12-16(3)21(28-18)17-10-11-27(4)19(14-17)15(2)13-20(26)22(23,24)25/h10-14,26H,5-9H2,1-4H3/q+1/b15-13+,26-20?. The van der Waals surface area contributed by atoms with Crippen molar-refractivity contribution in [2.75, 3.05) is 0 Å². The summed E-state index contributed by atoms with van der Waals surface area (Å²) in [4.78, 5) is 2.51. The van der Waals surface area contributed by atoms with E-state index in [0.29, 0.717) is 11.3 Å². The molecular formula is C22H28F3N2S+. The minimum atomic E-state index is -4.63. The number of thiophene rings is 1. The fourth-order valence-corrected chi connectivity index (χ4v) is 4.37. The van der Waals surface area contributed by atoms with Crippen molar-refractivity contribution in [2.45, 2.75) is 59.1 Å². The maximum Gasteiger partial charge on any atom is 0.432 e. The first-order valence-electron chi connectivity index (χ1n) is 9.57. The second-order valence-corrected chi connectivity index (χ2v) is 8.32. The highest BCUT2D eigenvalue weighted by Crippen LogP contribution is 2.34. The van der Waals surface area contributed by atoms with Crippen LogP contribution in [0.5, 0.6) is 0 Å². The minimum absolute atomic E-state index is 0.417. The Hall–Kier alpha value is -1.95. The number of aryl methyl sites for hydroxylation is 3. The Bertz CT molecular complexity index is 863. The number of nitrogens with one attached hydrogen (secondary N) is 1. The van der Waals surface area contributed by atoms with Crippen molar-refractivity contribution in [3.63, 3.8) is 0 Å². The summed E-state index contributed by atoms with van der Waals surface area (Å²) < 4.78 is 39.9. The molecule has 2 aromatic rings. The lowest BCUT2D eigenvalue weighted by Crippen LogP contribution is -2.32. The Morgan fingerprint density at radius 1 is 1.21 bits per heavy atom. The van der Waals surface area contributed by atoms with Crippen molar-refractivity contribution in [1.29, 1.82) is 5.41 Å². The number of hydrogen-bond donors (Lipinski definition) is 1. The molecule has 0 saturated heterocycles. The summed E-state index contributed by atoms with van der Waals surface area (Å²) in [5, 5.41) is 7.23. The number of pyridine rings is 1. The lowest BCUT2D eigenvalue weighted by Gasteiger charge is -2.07. The van der Waals surface area contributed by atoms with Crippen LogP contribution in [0.2, 0.25) is 0 Å². The molecule has 2 heterocycles. The Balaban J connectivity index is 2.29. The summed E-state index contributed by atoms with van der Waals surface area (Å²) >= 11 is 1.76. The van der Waals surface area contributed by atoms with Gasteiger partial charge in [-0.05, 0) is 44.4 Å². The van der Waals surface area contributed by atoms with Crippen LogP contribution in [0, 0.1) is 12.3 Å². The lowest BCUT2D eigenvalue weighted by atomic mass is 10.1. The summed E-state index contributed by atoms with van der Waals surface area (Å²) in [5.74, 6) is 0. The minimum Gasteiger partial charge on any atom is -0.296 e. The van der Waals surface area contributed by atoms with Gasteiger partial charge in [0.1, 0.15) is 12.8 Å². The van der Waals surface area contributed by atoms with Gasteiger partial charge >= 0.3 is 6.18 Å². The molecule has 0 bridgehead atoms. The van der Waals surface area contributed by atoms with E-state index in [1.807, 2.05) is 18.3 Å². The van der Waals surface area contributed by atoms with Crippen molar-refractivity contribution < 1.29 is 17.7 Å². The van der Waals surface area contributed by atoms with Crippen molar-refractivity contribution in [3.05, 3.63) is 46.6 Å². The van der Waals surface area contributed by atoms with Gasteiger partial charge in [-0.25, -0.2) is 4.57 Å². The van der Waals surface area contributed by atoms with Crippen LogP contribution in [-0.4, -0.2) is 11.9 Å². The molecule has 2 rings (SSSR count). The summed E-state index contributed by atoms with van der Waals surface area (Å²) in [6.07, 6.45) is 4.09. The molecule has 0 atom stereocenters. The summed E-state index contributed by atoms with van der Waals surface area (Å²) in [5.41, 5.74) is 1.95. The topological polar surface area (TPSA) is 27.7 Å². The van der Waals surface area contributed by atoms with Crippen LogP contribution < -0.4 is 4.57 Å². The molecule has 0 radical (unpaired) electrons. The van der Waals surface area contributed by atoms with Gasteiger partial charge < -0.3 is 0 Å². The first kappa shape index (κ1) is 22.3. The molecule has 2 nitrogen and oxygen atoms in total. The molecular weight excluding hydrogens is 381 g/mol. The zero-order valence-electron chi connectivity index (χ0n) is 16.9. The summed E-state index contributed by atoms with van der Waals surface area (Å²) in [6, 6.07) is 6.13. The van der Waals surface area contributed by atoms with Gasteiger partial charge in [0.2, 0.25) is 5.69 Å². The predicted molar refractivity (Wildman–Crippen MR) is 111 cm³/mol. The monoisotopic (exact) mass is 409 g/mol. The number of hydrogen-bond acceptors (Lipinski definition) is 2. The number of allylic oxidation sites excluding steroid dienone is 2. The molecule has 0 unspecified atom stereocenters. The largest absolute Gasteiger partial charge is 0.432 e. The van der Waals surface area contributed by atoms with E-state index in [0.717, 1.165) is 22.9 Å². The smallest absolute Gasteiger partial charge is 0.296 e. The first-order chi connectivity index (χ1) is 13.1. The molecule has 0 aliphatic rings. The fourth-order valence-electron chi connectivity index (χ4n) is 3.16. The second-order valence-electron chi connectivity index (χ2n) is 7.19. The van der Waals surface area contributed by atoms with Gasteiger partial charge in [-0.3, -0.25) is 5.41 Å². The van der Waals surface area contributed by atoms with E-state index in [1.54, 1.807) is 29.9 Å². The molecule has 152 valence electrons. The van der Waals surface area contributed by atoms with E-state index in [4.69, 9.17) is 5.41 Å². The highest BCUT2D eigenvalue weighted by atomic mass is 32.1. The molecule has 0 amide bonds. The van der Waals surface area contributed by atoms with Crippen molar-refractivity contribution in [2.24, 2.45) is 7.05 Å². The maximum absolute atomic E-state index is 12.7. The van der Waals surface area contributed by atoms with E-state index in [2.05, 4.69) is 19.9 Å². The fraction of sp³-hybridized carbons (Fsp3) is 0.455. The Labute approximate surface area is 169 Å². The predicted octanol–water partition coefficient (Wildman–Crippen LogP) is 6.66. The van der Waals surface area contributed by atoms with E-state index in [-0.39, 0.29) is 0 Å². The molecule has 28 heavy (non-hydrogen) atoms. The van der Waals surface area contributed by atoms with Gasteiger partial charge in [0, 0.05) is 33.0 Å². The van der Waals surface area contributed by atoms with Crippen LogP contribution >= 0.6 is 11.3 Å². The number of rotatable bonds is 8. The third-order valence-corrected chi connectivity index (χ3v) is 6.07. The van der Waals surface area contributed by atoms with Crippen LogP contribution in [0.25, 0.3) is 16.0 Å². The van der Waals surface area contributed by atoms with Gasteiger partial charge in [0.25, 0.3) is 0 Å². The average Bonchev–Trinajstić information content (AvgIpc) is 2.99. The molecule has 2 aromatic heterocycles. The van der Waals surface area contributed by atoms with Gasteiger partial charge in [0.05, 0.1) is 0 Å². The number of halogens is 3. The molecule has 6 heteroatoms. The van der Waals surface area contributed by atoms with E-state index in [9.17, 15) is 13.2 Å². The van der Waals surface area contributed by atoms with Gasteiger partial charge in [-0.2, -0.15) is 13.2 Å². The summed E-state index contributed by atoms with van der Waals surface area (Å²) in [7, 11) is 1.80. The second kappa shape index (κ2) is 9.50. The van der Waals surface area contributed by atoms with Crippen molar-refractivity contribution in [1.82, 2.24) is 0 Å². The van der Waals surface area contributed by atoms with E-state index >= 15 is 0 Å². The SMILES string of the molecule is CCCCCCc1cc(C)c(-c2cc[n+](C)c(/C(C)=C/C(=N)C(F)(F)F)c2)s1. The third kappa shape index (κ3) is 5.77. The lowest BCUT2D eigenvalue weighted by molar-refractivity contribution is -0.673. The average molecular weight is 410 g/mol. The van der Waals surface area contributed by atoms with Crippen molar-refractivity contribution in [3.8, 4) is 10.4 Å². The third-order valence-electron chi connectivity index (χ3n) is 4.73. The highest BCUT2D eigenvalue weighted by molar-refractivity contribution is 7.15. The van der Waals surface area contributed by atoms with Gasteiger partial charge in [-0.15, -0.1) is 11.3 Å². The zero-order chi connectivity index (χ0) is 20.9. The number of alkyl halides is 3. The quantitative estimate of drug-likeness (QED) is 0.287. The maximum atomic E-state index is 12.7. The molecule has 0 aromatic carbocycles. The molecule has 1 N–H and O–H groups in total. The molecule has 0 aliphatic carbocycles. The van der Waals surface area contributed by atoms with Crippen LogP contribution in [0.1, 0.15) is 55.7 Å². The Morgan fingerprint density at radius 2 is 1.93 bits per heavy atom. The number of unbranched alkanes of at least 4 members (excludes halogenated alkanes) is 3. The van der Waals surface area contributed by atoms with Gasteiger partial charge in [0.15, 0.2) is 6.20 Å². The Morgan fingerprint density at radius 3 is 2.57 bits per heavy atom. The van der Waals surface area contributed by atoms with E-state index in [1.165, 1.54) is 36.1 Å². The molecule has 0 fully saturated rings. The summed E-state index contributed by atoms with van der Waals surface area (Å²) in [6.45, 7) is 5.89. The number of nitrogens with zero attached hydrogens (tertiary/aromatic N) is 1. The van der Waals surface area contributed by atoms with E-state index < -0.39 is 11.9 Å². The van der Waals surface area contributed by atoms with Crippen LogP contribution in [-0.2, 0) is 13.5 Å². The molecule has 0 saturated carbocycles.